The van der Waals surface area contributed by atoms with E-state index in [0.717, 1.165) is 49.7 Å². The van der Waals surface area contributed by atoms with Crippen molar-refractivity contribution in [2.24, 2.45) is 0 Å². The minimum Gasteiger partial charge on any atom is -0.494 e. The van der Waals surface area contributed by atoms with Gasteiger partial charge in [0.15, 0.2) is 0 Å². The molecule has 2 aromatic carbocycles. The number of anilines is 1. The van der Waals surface area contributed by atoms with Crippen LogP contribution in [0.2, 0.25) is 0 Å². The third-order valence-electron chi connectivity index (χ3n) is 6.28. The Balaban J connectivity index is 1.27. The number of carbonyl (C=O) groups is 1. The highest BCUT2D eigenvalue weighted by molar-refractivity contribution is 7.90. The number of alkyl halides is 3. The number of nitrogens with zero attached hydrogens (tertiary/aromatic N) is 2. The molecule has 7 nitrogen and oxygen atoms in total. The Morgan fingerprint density at radius 1 is 1.03 bits per heavy atom. The van der Waals surface area contributed by atoms with Crippen LogP contribution < -0.4 is 14.4 Å². The molecule has 0 spiro atoms. The summed E-state index contributed by atoms with van der Waals surface area (Å²) in [5.41, 5.74) is 3.25. The second kappa shape index (κ2) is 12.4. The van der Waals surface area contributed by atoms with Gasteiger partial charge in [-0.3, -0.25) is 9.69 Å². The lowest BCUT2D eigenvalue weighted by atomic mass is 10.1. The van der Waals surface area contributed by atoms with Crippen molar-refractivity contribution in [1.29, 1.82) is 0 Å². The summed E-state index contributed by atoms with van der Waals surface area (Å²) < 4.78 is 67.8. The zero-order chi connectivity index (χ0) is 28.0. The topological polar surface area (TPSA) is 79.0 Å². The predicted octanol–water partition coefficient (Wildman–Crippen LogP) is 5.15. The Bertz CT molecular complexity index is 1370. The zero-order valence-corrected chi connectivity index (χ0v) is 23.0. The summed E-state index contributed by atoms with van der Waals surface area (Å²) in [6.45, 7) is 6.72. The average molecular weight is 582 g/mol. The summed E-state index contributed by atoms with van der Waals surface area (Å²) in [5, 5.41) is 2.16. The van der Waals surface area contributed by atoms with Gasteiger partial charge in [0.25, 0.3) is 5.91 Å². The maximum atomic E-state index is 12.3. The number of carbonyl (C=O) groups excluding carboxylic acids is 1. The number of amides is 1. The fraction of sp³-hybridized carbons (Fsp3) is 0.370. The van der Waals surface area contributed by atoms with Gasteiger partial charge in [-0.1, -0.05) is 12.1 Å². The molecule has 1 N–H and O–H groups in total. The molecular weight excluding hydrogens is 551 g/mol. The monoisotopic (exact) mass is 581 g/mol. The van der Waals surface area contributed by atoms with Crippen molar-refractivity contribution in [3.8, 4) is 16.9 Å². The van der Waals surface area contributed by atoms with Gasteiger partial charge in [-0.05, 0) is 65.9 Å². The molecule has 0 bridgehead atoms. The SMILES string of the molecule is CCOc1cccc(-c2csc(CN3CCN(c4ccc(C(=O)NS(=O)(=O)CCC(F)(F)F)cc4)CC3)c2)c1. The smallest absolute Gasteiger partial charge is 0.390 e. The molecule has 3 aromatic rings. The number of benzene rings is 2. The van der Waals surface area contributed by atoms with Crippen molar-refractivity contribution < 1.29 is 31.1 Å². The molecule has 12 heteroatoms. The molecule has 210 valence electrons. The van der Waals surface area contributed by atoms with E-state index in [9.17, 15) is 26.4 Å². The van der Waals surface area contributed by atoms with E-state index in [1.165, 1.54) is 22.6 Å². The van der Waals surface area contributed by atoms with E-state index in [-0.39, 0.29) is 5.56 Å². The van der Waals surface area contributed by atoms with Crippen LogP contribution in [-0.4, -0.2) is 63.9 Å². The number of nitrogens with one attached hydrogen (secondary N) is 1. The Hall–Kier alpha value is -3.09. The molecule has 1 aliphatic rings. The molecule has 0 unspecified atom stereocenters. The first-order valence-corrected chi connectivity index (χ1v) is 15.0. The molecule has 0 saturated carbocycles. The fourth-order valence-electron chi connectivity index (χ4n) is 4.26. The van der Waals surface area contributed by atoms with Crippen LogP contribution in [0.5, 0.6) is 5.75 Å². The molecule has 1 saturated heterocycles. The van der Waals surface area contributed by atoms with Crippen molar-refractivity contribution in [2.75, 3.05) is 43.4 Å². The van der Waals surface area contributed by atoms with Crippen molar-refractivity contribution >= 4 is 33.0 Å². The highest BCUT2D eigenvalue weighted by Crippen LogP contribution is 2.29. The van der Waals surface area contributed by atoms with Gasteiger partial charge in [0.2, 0.25) is 10.0 Å². The second-order valence-electron chi connectivity index (χ2n) is 9.19. The van der Waals surface area contributed by atoms with Gasteiger partial charge in [0.05, 0.1) is 18.8 Å². The zero-order valence-electron chi connectivity index (χ0n) is 21.4. The third kappa shape index (κ3) is 8.45. The third-order valence-corrected chi connectivity index (χ3v) is 8.44. The molecule has 0 aliphatic carbocycles. The number of thiophene rings is 1. The summed E-state index contributed by atoms with van der Waals surface area (Å²) in [7, 11) is -4.38. The summed E-state index contributed by atoms with van der Waals surface area (Å²) in [4.78, 5) is 18.1. The van der Waals surface area contributed by atoms with E-state index >= 15 is 0 Å². The standard InChI is InChI=1S/C27H30F3N3O4S2/c1-2-37-24-5-3-4-21(16-24)22-17-25(38-19-22)18-32-11-13-33(14-12-32)23-8-6-20(7-9-23)26(34)31-39(35,36)15-10-27(28,29)30/h3-9,16-17,19H,2,10-15,18H2,1H3,(H,31,34). The quantitative estimate of drug-likeness (QED) is 0.357. The number of piperazine rings is 1. The first kappa shape index (κ1) is 28.9. The molecule has 0 atom stereocenters. The van der Waals surface area contributed by atoms with E-state index in [1.807, 2.05) is 19.1 Å². The molecular formula is C27H30F3N3O4S2. The summed E-state index contributed by atoms with van der Waals surface area (Å²) in [6, 6.07) is 16.7. The van der Waals surface area contributed by atoms with Crippen LogP contribution in [0.15, 0.2) is 60.0 Å². The summed E-state index contributed by atoms with van der Waals surface area (Å²) in [5.74, 6) is -1.29. The number of hydrogen-bond donors (Lipinski definition) is 1. The van der Waals surface area contributed by atoms with Crippen LogP contribution in [-0.2, 0) is 16.6 Å². The van der Waals surface area contributed by atoms with E-state index in [0.29, 0.717) is 6.61 Å². The summed E-state index contributed by atoms with van der Waals surface area (Å²) >= 11 is 1.73. The molecule has 1 aromatic heterocycles. The lowest BCUT2D eigenvalue weighted by molar-refractivity contribution is -0.130. The molecule has 39 heavy (non-hydrogen) atoms. The van der Waals surface area contributed by atoms with Gasteiger partial charge in [-0.15, -0.1) is 11.3 Å². The van der Waals surface area contributed by atoms with Crippen molar-refractivity contribution in [3.63, 3.8) is 0 Å². The lowest BCUT2D eigenvalue weighted by Gasteiger charge is -2.36. The maximum Gasteiger partial charge on any atom is 0.390 e. The molecule has 1 amide bonds. The predicted molar refractivity (Wildman–Crippen MR) is 147 cm³/mol. The molecule has 4 rings (SSSR count). The number of sulfonamides is 1. The minimum atomic E-state index is -4.62. The normalized spacial score (nSPS) is 14.8. The molecule has 1 aliphatic heterocycles. The van der Waals surface area contributed by atoms with Crippen molar-refractivity contribution in [1.82, 2.24) is 9.62 Å². The van der Waals surface area contributed by atoms with E-state index in [4.69, 9.17) is 4.74 Å². The van der Waals surface area contributed by atoms with E-state index in [1.54, 1.807) is 28.2 Å². The Kier molecular flexibility index (Phi) is 9.19. The van der Waals surface area contributed by atoms with E-state index in [2.05, 4.69) is 33.4 Å². The largest absolute Gasteiger partial charge is 0.494 e. The Morgan fingerprint density at radius 2 is 1.74 bits per heavy atom. The molecule has 1 fully saturated rings. The second-order valence-corrected chi connectivity index (χ2v) is 12.0. The van der Waals surface area contributed by atoms with Crippen LogP contribution in [0.25, 0.3) is 11.1 Å². The van der Waals surface area contributed by atoms with Crippen molar-refractivity contribution in [2.45, 2.75) is 26.1 Å². The minimum absolute atomic E-state index is 0.0632. The average Bonchev–Trinajstić information content (AvgIpc) is 3.36. The number of ether oxygens (including phenoxy) is 1. The Labute approximate surface area is 230 Å². The van der Waals surface area contributed by atoms with Crippen molar-refractivity contribution in [3.05, 3.63) is 70.4 Å². The van der Waals surface area contributed by atoms with Crippen LogP contribution in [0, 0.1) is 0 Å². The number of rotatable bonds is 10. The first-order chi connectivity index (χ1) is 18.5. The number of halogens is 3. The van der Waals surface area contributed by atoms with Crippen LogP contribution >= 0.6 is 11.3 Å². The number of hydrogen-bond acceptors (Lipinski definition) is 7. The highest BCUT2D eigenvalue weighted by atomic mass is 32.2. The maximum absolute atomic E-state index is 12.3. The van der Waals surface area contributed by atoms with Gasteiger partial charge < -0.3 is 9.64 Å². The van der Waals surface area contributed by atoms with Crippen LogP contribution in [0.3, 0.4) is 0 Å². The Morgan fingerprint density at radius 3 is 2.41 bits per heavy atom. The van der Waals surface area contributed by atoms with E-state index < -0.39 is 34.3 Å². The van der Waals surface area contributed by atoms with Crippen LogP contribution in [0.1, 0.15) is 28.6 Å². The van der Waals surface area contributed by atoms with Gasteiger partial charge in [0, 0.05) is 48.9 Å². The molecule has 0 radical (unpaired) electrons. The van der Waals surface area contributed by atoms with Gasteiger partial charge >= 0.3 is 6.18 Å². The molecule has 2 heterocycles. The first-order valence-electron chi connectivity index (χ1n) is 12.5. The summed E-state index contributed by atoms with van der Waals surface area (Å²) in [6.07, 6.45) is -6.14. The van der Waals surface area contributed by atoms with Gasteiger partial charge in [-0.2, -0.15) is 13.2 Å². The van der Waals surface area contributed by atoms with Gasteiger partial charge in [0.1, 0.15) is 5.75 Å². The van der Waals surface area contributed by atoms with Gasteiger partial charge in [-0.25, -0.2) is 13.1 Å². The lowest BCUT2D eigenvalue weighted by Crippen LogP contribution is -2.45. The highest BCUT2D eigenvalue weighted by Gasteiger charge is 2.30. The van der Waals surface area contributed by atoms with Crippen LogP contribution in [0.4, 0.5) is 18.9 Å². The fourth-order valence-corrected chi connectivity index (χ4v) is 6.19.